The van der Waals surface area contributed by atoms with Crippen molar-refractivity contribution in [2.24, 2.45) is 0 Å². The molecule has 0 radical (unpaired) electrons. The minimum atomic E-state index is -0.220. The van der Waals surface area contributed by atoms with E-state index in [1.54, 1.807) is 0 Å². The molecule has 4 heteroatoms. The van der Waals surface area contributed by atoms with Crippen molar-refractivity contribution in [1.29, 1.82) is 0 Å². The van der Waals surface area contributed by atoms with Crippen LogP contribution in [-0.4, -0.2) is 73.4 Å². The van der Waals surface area contributed by atoms with Crippen LogP contribution in [0.5, 0.6) is 0 Å². The number of hydrogen-bond acceptors (Lipinski definition) is 4. The normalized spacial score (nSPS) is 26.8. The van der Waals surface area contributed by atoms with Crippen LogP contribution in [0.25, 0.3) is 0 Å². The van der Waals surface area contributed by atoms with Gasteiger partial charge in [-0.25, -0.2) is 0 Å². The van der Waals surface area contributed by atoms with E-state index in [4.69, 9.17) is 0 Å². The van der Waals surface area contributed by atoms with Gasteiger partial charge in [-0.05, 0) is 19.9 Å². The van der Waals surface area contributed by atoms with E-state index in [9.17, 15) is 5.11 Å². The van der Waals surface area contributed by atoms with Gasteiger partial charge in [0.25, 0.3) is 0 Å². The third kappa shape index (κ3) is 3.41. The molecule has 1 aliphatic heterocycles. The molecule has 0 amide bonds. The molecule has 1 unspecified atom stereocenters. The number of aliphatic hydroxyl groups is 1. The molecule has 2 N–H and O–H groups in total. The SMILES string of the molecule is CNCC(O)CN1CCN(C2CC2)CC1. The Bertz CT molecular complexity index is 188. The van der Waals surface area contributed by atoms with Crippen molar-refractivity contribution in [3.63, 3.8) is 0 Å². The quantitative estimate of drug-likeness (QED) is 0.636. The Morgan fingerprint density at radius 1 is 1.27 bits per heavy atom. The van der Waals surface area contributed by atoms with E-state index in [2.05, 4.69) is 15.1 Å². The molecule has 1 heterocycles. The molecule has 1 atom stereocenters. The zero-order valence-electron chi connectivity index (χ0n) is 9.65. The first-order valence-electron chi connectivity index (χ1n) is 6.08. The maximum Gasteiger partial charge on any atom is 0.0791 e. The average Bonchev–Trinajstić information content (AvgIpc) is 3.03. The Balaban J connectivity index is 1.64. The van der Waals surface area contributed by atoms with Crippen molar-refractivity contribution in [2.75, 3.05) is 46.3 Å². The molecular formula is C11H23N3O. The number of nitrogens with one attached hydrogen (secondary N) is 1. The first-order chi connectivity index (χ1) is 7.29. The van der Waals surface area contributed by atoms with E-state index in [1.165, 1.54) is 25.9 Å². The largest absolute Gasteiger partial charge is 0.390 e. The Hall–Kier alpha value is -0.160. The highest BCUT2D eigenvalue weighted by molar-refractivity contribution is 4.87. The number of hydrogen-bond donors (Lipinski definition) is 2. The fourth-order valence-corrected chi connectivity index (χ4v) is 2.35. The van der Waals surface area contributed by atoms with Crippen LogP contribution in [-0.2, 0) is 0 Å². The van der Waals surface area contributed by atoms with Gasteiger partial charge in [0, 0.05) is 45.3 Å². The molecule has 4 nitrogen and oxygen atoms in total. The second-order valence-electron chi connectivity index (χ2n) is 4.78. The molecule has 1 saturated heterocycles. The fourth-order valence-electron chi connectivity index (χ4n) is 2.35. The molecule has 88 valence electrons. The summed E-state index contributed by atoms with van der Waals surface area (Å²) < 4.78 is 0. The van der Waals surface area contributed by atoms with E-state index in [0.717, 1.165) is 25.7 Å². The smallest absolute Gasteiger partial charge is 0.0791 e. The summed E-state index contributed by atoms with van der Waals surface area (Å²) >= 11 is 0. The van der Waals surface area contributed by atoms with Gasteiger partial charge in [-0.2, -0.15) is 0 Å². The molecule has 2 rings (SSSR count). The lowest BCUT2D eigenvalue weighted by molar-refractivity contribution is 0.0709. The number of rotatable bonds is 5. The summed E-state index contributed by atoms with van der Waals surface area (Å²) in [6.07, 6.45) is 2.59. The van der Waals surface area contributed by atoms with Crippen LogP contribution in [0.1, 0.15) is 12.8 Å². The van der Waals surface area contributed by atoms with Gasteiger partial charge in [0.05, 0.1) is 6.10 Å². The van der Waals surface area contributed by atoms with Crippen molar-refractivity contribution in [3.05, 3.63) is 0 Å². The van der Waals surface area contributed by atoms with Crippen molar-refractivity contribution in [3.8, 4) is 0 Å². The molecule has 0 aromatic heterocycles. The minimum Gasteiger partial charge on any atom is -0.390 e. The standard InChI is InChI=1S/C11H23N3O/c1-12-8-11(15)9-13-4-6-14(7-5-13)10-2-3-10/h10-12,15H,2-9H2,1H3. The minimum absolute atomic E-state index is 0.220. The number of aliphatic hydroxyl groups excluding tert-OH is 1. The van der Waals surface area contributed by atoms with Gasteiger partial charge in [0.15, 0.2) is 0 Å². The summed E-state index contributed by atoms with van der Waals surface area (Å²) in [5, 5.41) is 12.7. The number of nitrogens with zero attached hydrogens (tertiary/aromatic N) is 2. The summed E-state index contributed by atoms with van der Waals surface area (Å²) in [7, 11) is 1.88. The van der Waals surface area contributed by atoms with Gasteiger partial charge in [-0.3, -0.25) is 9.80 Å². The highest BCUT2D eigenvalue weighted by atomic mass is 16.3. The van der Waals surface area contributed by atoms with Crippen LogP contribution in [0, 0.1) is 0 Å². The topological polar surface area (TPSA) is 38.7 Å². The highest BCUT2D eigenvalue weighted by Crippen LogP contribution is 2.27. The summed E-state index contributed by atoms with van der Waals surface area (Å²) in [5.74, 6) is 0. The van der Waals surface area contributed by atoms with Gasteiger partial charge in [-0.1, -0.05) is 0 Å². The van der Waals surface area contributed by atoms with E-state index >= 15 is 0 Å². The van der Waals surface area contributed by atoms with E-state index < -0.39 is 0 Å². The first kappa shape index (κ1) is 11.3. The van der Waals surface area contributed by atoms with Gasteiger partial charge in [0.1, 0.15) is 0 Å². The highest BCUT2D eigenvalue weighted by Gasteiger charge is 2.31. The molecule has 2 fully saturated rings. The number of β-amino-alcohol motifs (C(OH)–C–C–N with tert-alkyl or cyclic N) is 1. The predicted molar refractivity (Wildman–Crippen MR) is 61.0 cm³/mol. The van der Waals surface area contributed by atoms with Gasteiger partial charge < -0.3 is 10.4 Å². The van der Waals surface area contributed by atoms with Crippen molar-refractivity contribution in [1.82, 2.24) is 15.1 Å². The van der Waals surface area contributed by atoms with Gasteiger partial charge in [-0.15, -0.1) is 0 Å². The van der Waals surface area contributed by atoms with Crippen molar-refractivity contribution >= 4 is 0 Å². The second kappa shape index (κ2) is 5.25. The van der Waals surface area contributed by atoms with Crippen LogP contribution in [0.4, 0.5) is 0 Å². The van der Waals surface area contributed by atoms with Crippen LogP contribution in [0.2, 0.25) is 0 Å². The fraction of sp³-hybridized carbons (Fsp3) is 1.00. The Morgan fingerprint density at radius 2 is 1.93 bits per heavy atom. The van der Waals surface area contributed by atoms with Crippen LogP contribution >= 0.6 is 0 Å². The zero-order chi connectivity index (χ0) is 10.7. The van der Waals surface area contributed by atoms with Crippen LogP contribution < -0.4 is 5.32 Å². The van der Waals surface area contributed by atoms with E-state index in [0.29, 0.717) is 6.54 Å². The lowest BCUT2D eigenvalue weighted by Crippen LogP contribution is -2.50. The zero-order valence-corrected chi connectivity index (χ0v) is 9.65. The molecule has 0 aromatic rings. The predicted octanol–water partition coefficient (Wildman–Crippen LogP) is -0.653. The summed E-state index contributed by atoms with van der Waals surface area (Å²) in [4.78, 5) is 4.97. The molecule has 1 aliphatic carbocycles. The van der Waals surface area contributed by atoms with Crippen molar-refractivity contribution < 1.29 is 5.11 Å². The maximum atomic E-state index is 9.67. The molecule has 0 bridgehead atoms. The molecular weight excluding hydrogens is 190 g/mol. The van der Waals surface area contributed by atoms with Crippen molar-refractivity contribution in [2.45, 2.75) is 25.0 Å². The summed E-state index contributed by atoms with van der Waals surface area (Å²) in [6, 6.07) is 0.898. The summed E-state index contributed by atoms with van der Waals surface area (Å²) in [5.41, 5.74) is 0. The molecule has 15 heavy (non-hydrogen) atoms. The molecule has 2 aliphatic rings. The third-order valence-electron chi connectivity index (χ3n) is 3.38. The van der Waals surface area contributed by atoms with Crippen LogP contribution in [0.15, 0.2) is 0 Å². The molecule has 0 spiro atoms. The molecule has 1 saturated carbocycles. The Morgan fingerprint density at radius 3 is 2.47 bits per heavy atom. The Kier molecular flexibility index (Phi) is 3.97. The Labute approximate surface area is 92.2 Å². The van der Waals surface area contributed by atoms with Gasteiger partial charge >= 0.3 is 0 Å². The van der Waals surface area contributed by atoms with E-state index in [1.807, 2.05) is 7.05 Å². The number of likely N-dealkylation sites (N-methyl/N-ethyl adjacent to an activating group) is 1. The average molecular weight is 213 g/mol. The maximum absolute atomic E-state index is 9.67. The summed E-state index contributed by atoms with van der Waals surface area (Å²) in [6.45, 7) is 6.14. The second-order valence-corrected chi connectivity index (χ2v) is 4.78. The lowest BCUT2D eigenvalue weighted by Gasteiger charge is -2.35. The number of piperazine rings is 1. The first-order valence-corrected chi connectivity index (χ1v) is 6.08. The monoisotopic (exact) mass is 213 g/mol. The van der Waals surface area contributed by atoms with E-state index in [-0.39, 0.29) is 6.10 Å². The third-order valence-corrected chi connectivity index (χ3v) is 3.38. The van der Waals surface area contributed by atoms with Gasteiger partial charge in [0.2, 0.25) is 0 Å². The lowest BCUT2D eigenvalue weighted by atomic mass is 10.2. The molecule has 0 aromatic carbocycles. The van der Waals surface area contributed by atoms with Crippen LogP contribution in [0.3, 0.4) is 0 Å².